The molecule has 0 saturated carbocycles. The number of nitrogens with zero attached hydrogens (tertiary/aromatic N) is 4. The minimum Gasteiger partial charge on any atom is -0.329 e. The molecule has 1 amide bonds. The molecule has 0 bridgehead atoms. The molecule has 1 aliphatic rings. The van der Waals surface area contributed by atoms with Crippen molar-refractivity contribution in [2.75, 3.05) is 6.54 Å². The predicted octanol–water partition coefficient (Wildman–Crippen LogP) is 3.60. The van der Waals surface area contributed by atoms with E-state index < -0.39 is 13.0 Å². The summed E-state index contributed by atoms with van der Waals surface area (Å²) in [6.07, 6.45) is -2.57. The molecule has 27 heavy (non-hydrogen) atoms. The first-order chi connectivity index (χ1) is 12.9. The molecule has 0 fully saturated rings. The third kappa shape index (κ3) is 3.07. The Morgan fingerprint density at radius 1 is 1.15 bits per heavy atom. The van der Waals surface area contributed by atoms with Crippen molar-refractivity contribution in [1.29, 1.82) is 0 Å². The molecule has 4 rings (SSSR count). The van der Waals surface area contributed by atoms with Crippen LogP contribution in [-0.2, 0) is 6.54 Å². The first-order valence-corrected chi connectivity index (χ1v) is 8.33. The highest BCUT2D eigenvalue weighted by molar-refractivity contribution is 5.99. The zero-order valence-electron chi connectivity index (χ0n) is 14.4. The third-order valence-corrected chi connectivity index (χ3v) is 4.58. The van der Waals surface area contributed by atoms with Crippen LogP contribution in [0.5, 0.6) is 0 Å². The van der Waals surface area contributed by atoms with E-state index in [0.29, 0.717) is 22.5 Å². The molecule has 3 aromatic rings. The number of amides is 1. The van der Waals surface area contributed by atoms with Gasteiger partial charge in [-0.2, -0.15) is 0 Å². The second-order valence-corrected chi connectivity index (χ2v) is 6.36. The summed E-state index contributed by atoms with van der Waals surface area (Å²) >= 11 is 0. The van der Waals surface area contributed by atoms with Crippen LogP contribution in [0.15, 0.2) is 42.5 Å². The quantitative estimate of drug-likeness (QED) is 0.703. The fourth-order valence-corrected chi connectivity index (χ4v) is 3.27. The lowest BCUT2D eigenvalue weighted by molar-refractivity contribution is 0.0577. The van der Waals surface area contributed by atoms with Crippen molar-refractivity contribution in [3.05, 3.63) is 65.1 Å². The average molecular weight is 372 g/mol. The van der Waals surface area contributed by atoms with E-state index in [-0.39, 0.29) is 18.3 Å². The maximum Gasteiger partial charge on any atom is 0.255 e. The number of hydrogen-bond acceptors (Lipinski definition) is 3. The van der Waals surface area contributed by atoms with Gasteiger partial charge < -0.3 is 4.90 Å². The Balaban J connectivity index is 1.67. The molecule has 0 atom stereocenters. The topological polar surface area (TPSA) is 51.0 Å². The van der Waals surface area contributed by atoms with E-state index >= 15 is 0 Å². The zero-order chi connectivity index (χ0) is 19.1. The zero-order valence-corrected chi connectivity index (χ0v) is 14.4. The number of hydrogen-bond donors (Lipinski definition) is 0. The van der Waals surface area contributed by atoms with Gasteiger partial charge in [0.15, 0.2) is 0 Å². The molecular formula is C19H15F3N4O. The van der Waals surface area contributed by atoms with Gasteiger partial charge >= 0.3 is 0 Å². The van der Waals surface area contributed by atoms with E-state index in [4.69, 9.17) is 0 Å². The smallest absolute Gasteiger partial charge is 0.255 e. The Hall–Kier alpha value is -3.16. The van der Waals surface area contributed by atoms with Gasteiger partial charge in [-0.1, -0.05) is 11.3 Å². The molecule has 8 heteroatoms. The highest BCUT2D eigenvalue weighted by Gasteiger charge is 2.29. The Bertz CT molecular complexity index is 1010. The number of fused-ring (bicyclic) bond motifs is 1. The maximum absolute atomic E-state index is 13.1. The highest BCUT2D eigenvalue weighted by Crippen LogP contribution is 2.30. The van der Waals surface area contributed by atoms with Crippen LogP contribution >= 0.6 is 0 Å². The van der Waals surface area contributed by atoms with E-state index in [0.717, 1.165) is 16.2 Å². The largest absolute Gasteiger partial charge is 0.329 e. The van der Waals surface area contributed by atoms with E-state index in [1.807, 2.05) is 6.92 Å². The van der Waals surface area contributed by atoms with Gasteiger partial charge in [0.1, 0.15) is 11.5 Å². The Labute approximate surface area is 153 Å². The number of alkyl halides is 2. The van der Waals surface area contributed by atoms with Gasteiger partial charge in [-0.15, -0.1) is 5.10 Å². The Morgan fingerprint density at radius 2 is 1.89 bits per heavy atom. The van der Waals surface area contributed by atoms with Gasteiger partial charge in [0, 0.05) is 17.7 Å². The molecule has 0 radical (unpaired) electrons. The van der Waals surface area contributed by atoms with E-state index in [1.165, 1.54) is 12.1 Å². The summed E-state index contributed by atoms with van der Waals surface area (Å²) in [5, 5.41) is 8.32. The molecule has 2 heterocycles. The summed E-state index contributed by atoms with van der Waals surface area (Å²) in [5.41, 5.74) is 3.90. The molecule has 0 N–H and O–H groups in total. The molecule has 0 spiro atoms. The lowest BCUT2D eigenvalue weighted by Gasteiger charge is -2.13. The molecule has 138 valence electrons. The number of aromatic nitrogens is 3. The van der Waals surface area contributed by atoms with Crippen LogP contribution in [0.25, 0.3) is 16.9 Å². The number of rotatable bonds is 4. The molecule has 1 aliphatic heterocycles. The highest BCUT2D eigenvalue weighted by atomic mass is 19.3. The number of halogens is 3. The molecule has 0 unspecified atom stereocenters. The minimum absolute atomic E-state index is 0.150. The predicted molar refractivity (Wildman–Crippen MR) is 92.2 cm³/mol. The van der Waals surface area contributed by atoms with Gasteiger partial charge in [0.25, 0.3) is 12.3 Å². The van der Waals surface area contributed by atoms with Gasteiger partial charge in [-0.25, -0.2) is 17.9 Å². The van der Waals surface area contributed by atoms with Crippen molar-refractivity contribution in [1.82, 2.24) is 19.9 Å². The summed E-state index contributed by atoms with van der Waals surface area (Å²) in [6.45, 7) is 1.40. The lowest BCUT2D eigenvalue weighted by Crippen LogP contribution is -2.29. The molecule has 2 aromatic carbocycles. The van der Waals surface area contributed by atoms with Crippen molar-refractivity contribution in [2.24, 2.45) is 0 Å². The fraction of sp³-hybridized carbons (Fsp3) is 0.211. The van der Waals surface area contributed by atoms with E-state index in [9.17, 15) is 18.0 Å². The van der Waals surface area contributed by atoms with Crippen LogP contribution in [0.4, 0.5) is 13.2 Å². The van der Waals surface area contributed by atoms with Gasteiger partial charge in [-0.3, -0.25) is 4.79 Å². The summed E-state index contributed by atoms with van der Waals surface area (Å²) in [4.78, 5) is 13.3. The van der Waals surface area contributed by atoms with Crippen LogP contribution in [0, 0.1) is 12.7 Å². The third-order valence-electron chi connectivity index (χ3n) is 4.58. The van der Waals surface area contributed by atoms with Crippen molar-refractivity contribution in [3.63, 3.8) is 0 Å². The minimum atomic E-state index is -2.57. The monoisotopic (exact) mass is 372 g/mol. The van der Waals surface area contributed by atoms with Gasteiger partial charge in [0.2, 0.25) is 0 Å². The summed E-state index contributed by atoms with van der Waals surface area (Å²) in [7, 11) is 0. The van der Waals surface area contributed by atoms with Crippen LogP contribution < -0.4 is 0 Å². The summed E-state index contributed by atoms with van der Waals surface area (Å²) < 4.78 is 40.0. The van der Waals surface area contributed by atoms with Crippen LogP contribution in [0.1, 0.15) is 21.6 Å². The molecule has 1 aromatic heterocycles. The van der Waals surface area contributed by atoms with E-state index in [1.54, 1.807) is 35.0 Å². The van der Waals surface area contributed by atoms with Crippen molar-refractivity contribution in [2.45, 2.75) is 19.9 Å². The second-order valence-electron chi connectivity index (χ2n) is 6.36. The molecule has 0 saturated heterocycles. The maximum atomic E-state index is 13.1. The Kier molecular flexibility index (Phi) is 4.18. The first kappa shape index (κ1) is 17.3. The van der Waals surface area contributed by atoms with Gasteiger partial charge in [-0.05, 0) is 48.9 Å². The standard InChI is InChI=1S/C19H15F3N4O/c1-11-18(23-24-26(11)15-5-3-14(20)4-6-15)12-2-7-16-13(8-12)9-25(19(16)27)10-17(21)22/h2-8,17H,9-10H2,1H3. The Morgan fingerprint density at radius 3 is 2.59 bits per heavy atom. The van der Waals surface area contributed by atoms with Gasteiger partial charge in [0.05, 0.1) is 17.9 Å². The second kappa shape index (κ2) is 6.53. The average Bonchev–Trinajstić information content (AvgIpc) is 3.16. The normalized spacial score (nSPS) is 13.5. The molecular weight excluding hydrogens is 357 g/mol. The van der Waals surface area contributed by atoms with Crippen molar-refractivity contribution >= 4 is 5.91 Å². The summed E-state index contributed by atoms with van der Waals surface area (Å²) in [5.74, 6) is -0.725. The van der Waals surface area contributed by atoms with Crippen molar-refractivity contribution < 1.29 is 18.0 Å². The van der Waals surface area contributed by atoms with Crippen molar-refractivity contribution in [3.8, 4) is 16.9 Å². The molecule has 0 aliphatic carbocycles. The summed E-state index contributed by atoms with van der Waals surface area (Å²) in [6, 6.07) is 11.0. The molecule has 5 nitrogen and oxygen atoms in total. The SMILES string of the molecule is Cc1c(-c2ccc3c(c2)CN(CC(F)F)C3=O)nnn1-c1ccc(F)cc1. The van der Waals surface area contributed by atoms with E-state index in [2.05, 4.69) is 10.3 Å². The van der Waals surface area contributed by atoms with Crippen LogP contribution in [-0.4, -0.2) is 38.8 Å². The number of carbonyl (C=O) groups excluding carboxylic acids is 1. The number of carbonyl (C=O) groups is 1. The fourth-order valence-electron chi connectivity index (χ4n) is 3.27. The van der Waals surface area contributed by atoms with Crippen LogP contribution in [0.3, 0.4) is 0 Å². The lowest BCUT2D eigenvalue weighted by atomic mass is 10.0. The first-order valence-electron chi connectivity index (χ1n) is 8.33. The van der Waals surface area contributed by atoms with Crippen LogP contribution in [0.2, 0.25) is 0 Å². The number of benzene rings is 2.